The topological polar surface area (TPSA) is 81.3 Å². The molecule has 0 radical (unpaired) electrons. The van der Waals surface area contributed by atoms with Crippen molar-refractivity contribution in [1.29, 1.82) is 0 Å². The van der Waals surface area contributed by atoms with Crippen molar-refractivity contribution in [3.05, 3.63) is 111 Å². The van der Waals surface area contributed by atoms with Crippen molar-refractivity contribution in [2.75, 3.05) is 0 Å². The molecule has 1 atom stereocenters. The minimum absolute atomic E-state index is 0.0527. The van der Waals surface area contributed by atoms with Gasteiger partial charge in [0.1, 0.15) is 5.82 Å². The van der Waals surface area contributed by atoms with Gasteiger partial charge in [0.25, 0.3) is 11.5 Å². The molecule has 0 bridgehead atoms. The number of hydrogen-bond donors (Lipinski definition) is 1. The lowest BCUT2D eigenvalue weighted by Crippen LogP contribution is -2.31. The van der Waals surface area contributed by atoms with E-state index in [-0.39, 0.29) is 29.9 Å². The minimum Gasteiger partial charge on any atom is -0.342 e. The standard InChI is InChI=1S/C28H24FN5O2/c1-17-12-13-23-24(14-17)33(16-18-6-4-9-20(29)15-18)28(36)26-31-25(32-34(23)26)27(35)30-22-11-5-8-19-7-2-3-10-21(19)22/h2-4,6-7,9-10,12-15,22H,5,8,11,16H2,1H3,(H,30,35)/t22-/m1/s1. The molecule has 7 nitrogen and oxygen atoms in total. The Hall–Kier alpha value is -4.33. The second kappa shape index (κ2) is 8.71. The Kier molecular flexibility index (Phi) is 5.36. The molecule has 6 rings (SSSR count). The molecule has 180 valence electrons. The van der Waals surface area contributed by atoms with Crippen LogP contribution in [0.5, 0.6) is 0 Å². The number of hydrogen-bond acceptors (Lipinski definition) is 4. The number of benzene rings is 3. The number of carbonyl (C=O) groups is 1. The highest BCUT2D eigenvalue weighted by molar-refractivity contribution is 5.91. The van der Waals surface area contributed by atoms with Gasteiger partial charge in [0.15, 0.2) is 0 Å². The Morgan fingerprint density at radius 2 is 1.94 bits per heavy atom. The zero-order valence-electron chi connectivity index (χ0n) is 19.7. The van der Waals surface area contributed by atoms with Crippen LogP contribution in [0.15, 0.2) is 71.5 Å². The van der Waals surface area contributed by atoms with Crippen molar-refractivity contribution < 1.29 is 9.18 Å². The van der Waals surface area contributed by atoms with Crippen LogP contribution in [0.4, 0.5) is 4.39 Å². The summed E-state index contributed by atoms with van der Waals surface area (Å²) in [6.45, 7) is 2.10. The van der Waals surface area contributed by atoms with Crippen LogP contribution in [-0.2, 0) is 13.0 Å². The molecule has 8 heteroatoms. The molecular weight excluding hydrogens is 457 g/mol. The van der Waals surface area contributed by atoms with E-state index < -0.39 is 11.5 Å². The molecule has 3 aromatic carbocycles. The summed E-state index contributed by atoms with van der Waals surface area (Å²) in [5.74, 6) is -0.842. The first kappa shape index (κ1) is 22.2. The molecule has 0 saturated carbocycles. The number of amides is 1. The lowest BCUT2D eigenvalue weighted by atomic mass is 9.88. The second-order valence-electron chi connectivity index (χ2n) is 9.30. The van der Waals surface area contributed by atoms with Gasteiger partial charge in [0.2, 0.25) is 11.5 Å². The number of carbonyl (C=O) groups excluding carboxylic acids is 1. The monoisotopic (exact) mass is 481 g/mol. The van der Waals surface area contributed by atoms with Crippen LogP contribution in [-0.4, -0.2) is 25.1 Å². The average Bonchev–Trinajstić information content (AvgIpc) is 3.33. The fourth-order valence-electron chi connectivity index (χ4n) is 5.08. The highest BCUT2D eigenvalue weighted by atomic mass is 19.1. The fraction of sp³-hybridized carbons (Fsp3) is 0.214. The first-order chi connectivity index (χ1) is 17.5. The molecule has 1 aliphatic rings. The molecule has 1 aliphatic carbocycles. The number of rotatable bonds is 4. The van der Waals surface area contributed by atoms with Crippen LogP contribution in [0.25, 0.3) is 16.7 Å². The highest BCUT2D eigenvalue weighted by Gasteiger charge is 2.25. The molecule has 2 heterocycles. The third-order valence-corrected chi connectivity index (χ3v) is 6.80. The predicted molar refractivity (Wildman–Crippen MR) is 135 cm³/mol. The van der Waals surface area contributed by atoms with E-state index >= 15 is 0 Å². The van der Waals surface area contributed by atoms with Gasteiger partial charge in [-0.1, -0.05) is 42.5 Å². The number of aromatic nitrogens is 4. The first-order valence-corrected chi connectivity index (χ1v) is 12.0. The SMILES string of the molecule is Cc1ccc2c(c1)n(Cc1cccc(F)c1)c(=O)c1nc(C(=O)N[C@@H]3CCCc4ccccc43)nn12. The summed E-state index contributed by atoms with van der Waals surface area (Å²) >= 11 is 0. The van der Waals surface area contributed by atoms with Crippen LogP contribution >= 0.6 is 0 Å². The van der Waals surface area contributed by atoms with E-state index in [1.807, 2.05) is 43.3 Å². The van der Waals surface area contributed by atoms with Gasteiger partial charge in [-0.2, -0.15) is 4.98 Å². The second-order valence-corrected chi connectivity index (χ2v) is 9.30. The number of nitrogens with zero attached hydrogens (tertiary/aromatic N) is 4. The third kappa shape index (κ3) is 3.84. The maximum absolute atomic E-state index is 13.8. The molecule has 0 aliphatic heterocycles. The van der Waals surface area contributed by atoms with Gasteiger partial charge in [0, 0.05) is 0 Å². The molecule has 0 spiro atoms. The summed E-state index contributed by atoms with van der Waals surface area (Å²) < 4.78 is 16.8. The lowest BCUT2D eigenvalue weighted by molar-refractivity contribution is 0.0922. The Bertz CT molecular complexity index is 1700. The summed E-state index contributed by atoms with van der Waals surface area (Å²) in [6.07, 6.45) is 2.81. The zero-order chi connectivity index (χ0) is 24.8. The van der Waals surface area contributed by atoms with Gasteiger partial charge in [-0.15, -0.1) is 5.10 Å². The summed E-state index contributed by atoms with van der Waals surface area (Å²) in [5.41, 5.74) is 4.89. The fourth-order valence-corrected chi connectivity index (χ4v) is 5.08. The summed E-state index contributed by atoms with van der Waals surface area (Å²) in [5, 5.41) is 7.50. The third-order valence-electron chi connectivity index (χ3n) is 6.80. The molecule has 0 fully saturated rings. The van der Waals surface area contributed by atoms with Gasteiger partial charge in [-0.3, -0.25) is 14.2 Å². The molecule has 0 saturated heterocycles. The normalized spacial score (nSPS) is 15.2. The Morgan fingerprint density at radius 3 is 2.81 bits per heavy atom. The Labute approximate surface area is 206 Å². The van der Waals surface area contributed by atoms with Crippen LogP contribution in [0.3, 0.4) is 0 Å². The predicted octanol–water partition coefficient (Wildman–Crippen LogP) is 4.35. The molecule has 5 aromatic rings. The van der Waals surface area contributed by atoms with Crippen molar-refractivity contribution in [1.82, 2.24) is 24.5 Å². The van der Waals surface area contributed by atoms with Crippen molar-refractivity contribution >= 4 is 22.6 Å². The van der Waals surface area contributed by atoms with Gasteiger partial charge in [0.05, 0.1) is 23.6 Å². The van der Waals surface area contributed by atoms with E-state index in [2.05, 4.69) is 21.5 Å². The van der Waals surface area contributed by atoms with Crippen molar-refractivity contribution in [2.45, 2.75) is 38.8 Å². The quantitative estimate of drug-likeness (QED) is 0.414. The lowest BCUT2D eigenvalue weighted by Gasteiger charge is -2.25. The minimum atomic E-state index is -0.420. The molecule has 0 unspecified atom stereocenters. The van der Waals surface area contributed by atoms with Crippen molar-refractivity contribution in [3.63, 3.8) is 0 Å². The Balaban J connectivity index is 1.43. The van der Waals surface area contributed by atoms with Crippen LogP contribution in [0, 0.1) is 12.7 Å². The molecule has 2 aromatic heterocycles. The van der Waals surface area contributed by atoms with E-state index in [0.717, 1.165) is 30.4 Å². The van der Waals surface area contributed by atoms with E-state index in [1.165, 1.54) is 22.2 Å². The molecular formula is C28H24FN5O2. The number of nitrogens with one attached hydrogen (secondary N) is 1. The van der Waals surface area contributed by atoms with Crippen LogP contribution < -0.4 is 10.9 Å². The summed E-state index contributed by atoms with van der Waals surface area (Å²) in [4.78, 5) is 31.1. The van der Waals surface area contributed by atoms with Gasteiger partial charge in [-0.05, 0) is 72.7 Å². The Morgan fingerprint density at radius 1 is 1.08 bits per heavy atom. The van der Waals surface area contributed by atoms with Crippen LogP contribution in [0.2, 0.25) is 0 Å². The van der Waals surface area contributed by atoms with Gasteiger partial charge >= 0.3 is 0 Å². The maximum Gasteiger partial charge on any atom is 0.296 e. The van der Waals surface area contributed by atoms with Crippen molar-refractivity contribution in [3.8, 4) is 0 Å². The number of aryl methyl sites for hydroxylation is 2. The zero-order valence-corrected chi connectivity index (χ0v) is 19.7. The maximum atomic E-state index is 13.8. The van der Waals surface area contributed by atoms with Crippen LogP contribution in [0.1, 0.15) is 51.8 Å². The van der Waals surface area contributed by atoms with Gasteiger partial charge in [-0.25, -0.2) is 8.91 Å². The van der Waals surface area contributed by atoms with E-state index in [4.69, 9.17) is 0 Å². The smallest absolute Gasteiger partial charge is 0.296 e. The first-order valence-electron chi connectivity index (χ1n) is 12.0. The largest absolute Gasteiger partial charge is 0.342 e. The highest BCUT2D eigenvalue weighted by Crippen LogP contribution is 2.29. The average molecular weight is 482 g/mol. The number of fused-ring (bicyclic) bond motifs is 4. The van der Waals surface area contributed by atoms with Gasteiger partial charge < -0.3 is 5.32 Å². The molecule has 36 heavy (non-hydrogen) atoms. The van der Waals surface area contributed by atoms with E-state index in [9.17, 15) is 14.0 Å². The van der Waals surface area contributed by atoms with Crippen molar-refractivity contribution in [2.24, 2.45) is 0 Å². The summed E-state index contributed by atoms with van der Waals surface area (Å²) in [6, 6.07) is 19.8. The summed E-state index contributed by atoms with van der Waals surface area (Å²) in [7, 11) is 0. The van der Waals surface area contributed by atoms with E-state index in [1.54, 1.807) is 16.7 Å². The molecule has 1 amide bonds. The number of halogens is 1. The molecule has 1 N–H and O–H groups in total. The van der Waals surface area contributed by atoms with E-state index in [0.29, 0.717) is 16.6 Å².